The number of amides is 1. The van der Waals surface area contributed by atoms with Gasteiger partial charge in [0.2, 0.25) is 5.91 Å². The predicted molar refractivity (Wildman–Crippen MR) is 133 cm³/mol. The molecule has 0 saturated heterocycles. The van der Waals surface area contributed by atoms with Gasteiger partial charge >= 0.3 is 0 Å². The Morgan fingerprint density at radius 3 is 2.76 bits per heavy atom. The van der Waals surface area contributed by atoms with Crippen molar-refractivity contribution in [3.8, 4) is 0 Å². The monoisotopic (exact) mass is 475 g/mol. The third-order valence-electron chi connectivity index (χ3n) is 5.30. The van der Waals surface area contributed by atoms with Crippen molar-refractivity contribution < 1.29 is 9.21 Å². The maximum absolute atomic E-state index is 13.1. The Balaban J connectivity index is 1.33. The zero-order valence-corrected chi connectivity index (χ0v) is 19.5. The summed E-state index contributed by atoms with van der Waals surface area (Å²) < 4.78 is 8.13. The second-order valence-corrected chi connectivity index (χ2v) is 9.53. The van der Waals surface area contributed by atoms with E-state index in [1.807, 2.05) is 79.0 Å². The van der Waals surface area contributed by atoms with Crippen molar-refractivity contribution in [3.05, 3.63) is 93.8 Å². The van der Waals surface area contributed by atoms with Gasteiger partial charge in [-0.1, -0.05) is 60.3 Å². The molecule has 0 fully saturated rings. The number of nitrogens with zero attached hydrogens (tertiary/aromatic N) is 2. The molecule has 1 amide bonds. The van der Waals surface area contributed by atoms with E-state index >= 15 is 0 Å². The summed E-state index contributed by atoms with van der Waals surface area (Å²) in [6.45, 7) is 2.29. The number of para-hydroxylation sites is 1. The number of furan rings is 1. The standard InChI is InChI=1S/C25H21N3O3S2/c1-16(21-13-18-9-5-6-10-20(18)31-21)26-22(29)15-33-25-27-19-11-12-32-23(19)24(30)28(25)14-17-7-3-2-4-8-17/h2-13,16H,14-15H2,1H3,(H,26,29). The minimum absolute atomic E-state index is 0.0857. The molecule has 3 aromatic heterocycles. The number of rotatable bonds is 7. The van der Waals surface area contributed by atoms with Gasteiger partial charge in [-0.2, -0.15) is 0 Å². The normalized spacial score (nSPS) is 12.3. The Morgan fingerprint density at radius 2 is 1.94 bits per heavy atom. The maximum atomic E-state index is 13.1. The fourth-order valence-electron chi connectivity index (χ4n) is 3.64. The molecule has 1 atom stereocenters. The molecule has 2 aromatic carbocycles. The molecule has 5 rings (SSSR count). The van der Waals surface area contributed by atoms with Crippen molar-refractivity contribution >= 4 is 50.2 Å². The summed E-state index contributed by atoms with van der Waals surface area (Å²) in [4.78, 5) is 30.5. The first-order valence-corrected chi connectivity index (χ1v) is 12.4. The summed E-state index contributed by atoms with van der Waals surface area (Å²) in [5.74, 6) is 0.689. The fourth-order valence-corrected chi connectivity index (χ4v) is 5.23. The third-order valence-corrected chi connectivity index (χ3v) is 7.16. The van der Waals surface area contributed by atoms with Gasteiger partial charge in [-0.05, 0) is 36.1 Å². The average molecular weight is 476 g/mol. The van der Waals surface area contributed by atoms with Gasteiger partial charge in [-0.3, -0.25) is 14.2 Å². The zero-order valence-electron chi connectivity index (χ0n) is 17.9. The van der Waals surface area contributed by atoms with E-state index in [0.717, 1.165) is 16.5 Å². The number of thioether (sulfide) groups is 1. The molecule has 0 spiro atoms. The highest BCUT2D eigenvalue weighted by molar-refractivity contribution is 7.99. The number of hydrogen-bond donors (Lipinski definition) is 1. The van der Waals surface area contributed by atoms with Crippen LogP contribution in [-0.2, 0) is 11.3 Å². The minimum atomic E-state index is -0.274. The van der Waals surface area contributed by atoms with E-state index in [-0.39, 0.29) is 23.3 Å². The number of carbonyl (C=O) groups excluding carboxylic acids is 1. The first kappa shape index (κ1) is 21.5. The first-order valence-electron chi connectivity index (χ1n) is 10.5. The Hall–Kier alpha value is -3.36. The van der Waals surface area contributed by atoms with Crippen molar-refractivity contribution in [2.75, 3.05) is 5.75 Å². The van der Waals surface area contributed by atoms with E-state index in [1.54, 1.807) is 4.57 Å². The molecule has 0 saturated carbocycles. The number of aromatic nitrogens is 2. The molecule has 0 bridgehead atoms. The summed E-state index contributed by atoms with van der Waals surface area (Å²) in [6, 6.07) is 21.0. The van der Waals surface area contributed by atoms with Crippen LogP contribution in [0, 0.1) is 0 Å². The number of carbonyl (C=O) groups is 1. The van der Waals surface area contributed by atoms with Gasteiger partial charge in [-0.15, -0.1) is 11.3 Å². The van der Waals surface area contributed by atoms with Crippen LogP contribution >= 0.6 is 23.1 Å². The highest BCUT2D eigenvalue weighted by atomic mass is 32.2. The lowest BCUT2D eigenvalue weighted by molar-refractivity contribution is -0.119. The van der Waals surface area contributed by atoms with Crippen molar-refractivity contribution in [1.82, 2.24) is 14.9 Å². The van der Waals surface area contributed by atoms with E-state index < -0.39 is 0 Å². The number of fused-ring (bicyclic) bond motifs is 2. The van der Waals surface area contributed by atoms with Gasteiger partial charge in [0.25, 0.3) is 5.56 Å². The van der Waals surface area contributed by atoms with Crippen LogP contribution in [0.5, 0.6) is 0 Å². The average Bonchev–Trinajstić information content (AvgIpc) is 3.47. The highest BCUT2D eigenvalue weighted by Crippen LogP contribution is 2.25. The molecular weight excluding hydrogens is 454 g/mol. The Kier molecular flexibility index (Phi) is 6.02. The number of hydrogen-bond acceptors (Lipinski definition) is 6. The second kappa shape index (κ2) is 9.25. The van der Waals surface area contributed by atoms with E-state index in [0.29, 0.717) is 27.7 Å². The van der Waals surface area contributed by atoms with Gasteiger partial charge in [0.05, 0.1) is 23.9 Å². The summed E-state index contributed by atoms with van der Waals surface area (Å²) >= 11 is 2.65. The Bertz CT molecular complexity index is 1450. The lowest BCUT2D eigenvalue weighted by Gasteiger charge is -2.14. The van der Waals surface area contributed by atoms with E-state index in [9.17, 15) is 9.59 Å². The summed E-state index contributed by atoms with van der Waals surface area (Å²) in [7, 11) is 0. The van der Waals surface area contributed by atoms with Crippen LogP contribution in [0.3, 0.4) is 0 Å². The van der Waals surface area contributed by atoms with E-state index in [2.05, 4.69) is 10.3 Å². The quantitative estimate of drug-likeness (QED) is 0.258. The highest BCUT2D eigenvalue weighted by Gasteiger charge is 2.17. The largest absolute Gasteiger partial charge is 0.459 e. The van der Waals surface area contributed by atoms with Gasteiger partial charge in [0.1, 0.15) is 16.0 Å². The molecule has 0 aliphatic carbocycles. The van der Waals surface area contributed by atoms with Gasteiger partial charge < -0.3 is 9.73 Å². The fraction of sp³-hybridized carbons (Fsp3) is 0.160. The zero-order chi connectivity index (χ0) is 22.8. The SMILES string of the molecule is CC(NC(=O)CSc1nc2ccsc2c(=O)n1Cc1ccccc1)c1cc2ccccc2o1. The predicted octanol–water partition coefficient (Wildman–Crippen LogP) is 5.22. The Labute approximate surface area is 198 Å². The minimum Gasteiger partial charge on any atom is -0.459 e. The smallest absolute Gasteiger partial charge is 0.272 e. The number of nitrogens with one attached hydrogen (secondary N) is 1. The molecule has 33 heavy (non-hydrogen) atoms. The molecule has 0 aliphatic heterocycles. The van der Waals surface area contributed by atoms with Crippen molar-refractivity contribution in [3.63, 3.8) is 0 Å². The maximum Gasteiger partial charge on any atom is 0.272 e. The lowest BCUT2D eigenvalue weighted by Crippen LogP contribution is -2.29. The van der Waals surface area contributed by atoms with Gasteiger partial charge in [0, 0.05) is 5.39 Å². The van der Waals surface area contributed by atoms with Crippen LogP contribution < -0.4 is 10.9 Å². The second-order valence-electron chi connectivity index (χ2n) is 7.67. The van der Waals surface area contributed by atoms with Gasteiger partial charge in [-0.25, -0.2) is 4.98 Å². The first-order chi connectivity index (χ1) is 16.1. The molecule has 1 N–H and O–H groups in total. The molecule has 166 valence electrons. The molecule has 6 nitrogen and oxygen atoms in total. The summed E-state index contributed by atoms with van der Waals surface area (Å²) in [6.07, 6.45) is 0. The van der Waals surface area contributed by atoms with Crippen molar-refractivity contribution in [2.24, 2.45) is 0 Å². The van der Waals surface area contributed by atoms with Crippen LogP contribution in [0.4, 0.5) is 0 Å². The molecule has 1 unspecified atom stereocenters. The number of benzene rings is 2. The molecule has 5 aromatic rings. The molecule has 0 aliphatic rings. The molecular formula is C25H21N3O3S2. The Morgan fingerprint density at radius 1 is 1.15 bits per heavy atom. The van der Waals surface area contributed by atoms with Crippen LogP contribution in [0.15, 0.2) is 86.5 Å². The van der Waals surface area contributed by atoms with Crippen molar-refractivity contribution in [1.29, 1.82) is 0 Å². The summed E-state index contributed by atoms with van der Waals surface area (Å²) in [5, 5.41) is 6.37. The molecule has 0 radical (unpaired) electrons. The third kappa shape index (κ3) is 4.58. The van der Waals surface area contributed by atoms with Crippen LogP contribution in [0.2, 0.25) is 0 Å². The lowest BCUT2D eigenvalue weighted by atomic mass is 10.2. The topological polar surface area (TPSA) is 77.1 Å². The van der Waals surface area contributed by atoms with Crippen LogP contribution in [-0.4, -0.2) is 21.2 Å². The van der Waals surface area contributed by atoms with Crippen LogP contribution in [0.25, 0.3) is 21.2 Å². The van der Waals surface area contributed by atoms with Crippen LogP contribution in [0.1, 0.15) is 24.3 Å². The molecule has 3 heterocycles. The van der Waals surface area contributed by atoms with E-state index in [1.165, 1.54) is 23.1 Å². The number of thiophene rings is 1. The van der Waals surface area contributed by atoms with Crippen molar-refractivity contribution in [2.45, 2.75) is 24.7 Å². The summed E-state index contributed by atoms with van der Waals surface area (Å²) in [5.41, 5.74) is 2.37. The molecule has 8 heteroatoms. The van der Waals surface area contributed by atoms with E-state index in [4.69, 9.17) is 4.42 Å². The van der Waals surface area contributed by atoms with Gasteiger partial charge in [0.15, 0.2) is 5.16 Å².